The van der Waals surface area contributed by atoms with Gasteiger partial charge < -0.3 is 9.84 Å². The molecule has 0 radical (unpaired) electrons. The number of carboxylic acid groups (broad SMARTS) is 1. The minimum Gasteiger partial charge on any atom is -0.493 e. The number of allylic oxidation sites excluding steroid dienone is 2. The van der Waals surface area contributed by atoms with Gasteiger partial charge >= 0.3 is 5.97 Å². The molecule has 0 saturated carbocycles. The highest BCUT2D eigenvalue weighted by Crippen LogP contribution is 2.44. The number of unbranched alkanes of at least 4 members (excludes halogenated alkanes) is 1. The average Bonchev–Trinajstić information content (AvgIpc) is 3.42. The summed E-state index contributed by atoms with van der Waals surface area (Å²) < 4.78 is 5.68. The zero-order valence-electron chi connectivity index (χ0n) is 23.6. The second-order valence-corrected chi connectivity index (χ2v) is 11.5. The summed E-state index contributed by atoms with van der Waals surface area (Å²) in [6.07, 6.45) is 6.36. The largest absolute Gasteiger partial charge is 0.493 e. The average molecular weight is 515 g/mol. The van der Waals surface area contributed by atoms with Crippen molar-refractivity contribution in [2.75, 3.05) is 32.8 Å². The van der Waals surface area contributed by atoms with Crippen LogP contribution in [0, 0.1) is 11.3 Å². The number of hydroxylamine groups is 2. The zero-order chi connectivity index (χ0) is 27.2. The number of amides is 1. The van der Waals surface area contributed by atoms with Gasteiger partial charge in [0, 0.05) is 31.5 Å². The van der Waals surface area contributed by atoms with E-state index < -0.39 is 11.9 Å². The second kappa shape index (κ2) is 12.9. The van der Waals surface area contributed by atoms with E-state index in [9.17, 15) is 14.7 Å². The lowest BCUT2D eigenvalue weighted by Gasteiger charge is -2.34. The number of rotatable bonds is 13. The Hall–Kier alpha value is -2.38. The Morgan fingerprint density at radius 2 is 2.00 bits per heavy atom. The standard InChI is InChI=1S/C30H46N2O5/c1-7-9-13-32(37-14-8-2)27(33)20-31-19-24(22-10-11-26-23(16-22)12-15-36-26)28(29(34)35)25(31)18-30(5,6)17-21(3)4/h10-11,16-17,24-25,28H,7-9,12-15,18-20H2,1-6H3,(H,34,35)/t24-,25?,28-/m1/s1. The molecule has 7 heteroatoms. The van der Waals surface area contributed by atoms with Crippen LogP contribution in [0.5, 0.6) is 5.75 Å². The molecule has 0 aromatic heterocycles. The molecule has 7 nitrogen and oxygen atoms in total. The van der Waals surface area contributed by atoms with E-state index in [2.05, 4.69) is 51.7 Å². The molecule has 1 amide bonds. The van der Waals surface area contributed by atoms with Gasteiger partial charge in [0.15, 0.2) is 0 Å². The topological polar surface area (TPSA) is 79.3 Å². The molecule has 1 aromatic rings. The fourth-order valence-corrected chi connectivity index (χ4v) is 5.92. The van der Waals surface area contributed by atoms with E-state index in [4.69, 9.17) is 9.57 Å². The monoisotopic (exact) mass is 514 g/mol. The number of likely N-dealkylation sites (tertiary alicyclic amines) is 1. The lowest BCUT2D eigenvalue weighted by molar-refractivity contribution is -0.188. The molecule has 37 heavy (non-hydrogen) atoms. The molecule has 0 aliphatic carbocycles. The number of benzene rings is 1. The predicted molar refractivity (Wildman–Crippen MR) is 146 cm³/mol. The van der Waals surface area contributed by atoms with E-state index in [1.54, 1.807) is 0 Å². The number of fused-ring (bicyclic) bond motifs is 1. The quantitative estimate of drug-likeness (QED) is 0.279. The van der Waals surface area contributed by atoms with Crippen molar-refractivity contribution in [2.24, 2.45) is 11.3 Å². The van der Waals surface area contributed by atoms with Crippen molar-refractivity contribution in [3.8, 4) is 5.75 Å². The molecule has 2 aliphatic rings. The van der Waals surface area contributed by atoms with Crippen LogP contribution in [-0.2, 0) is 20.8 Å². The van der Waals surface area contributed by atoms with Crippen molar-refractivity contribution < 1.29 is 24.3 Å². The Labute approximate surface area is 222 Å². The second-order valence-electron chi connectivity index (χ2n) is 11.5. The smallest absolute Gasteiger partial charge is 0.308 e. The molecule has 0 spiro atoms. The number of carbonyl (C=O) groups is 2. The molecule has 3 atom stereocenters. The first-order chi connectivity index (χ1) is 17.6. The lowest BCUT2D eigenvalue weighted by atomic mass is 9.77. The van der Waals surface area contributed by atoms with Crippen molar-refractivity contribution >= 4 is 11.9 Å². The lowest BCUT2D eigenvalue weighted by Crippen LogP contribution is -2.45. The fourth-order valence-electron chi connectivity index (χ4n) is 5.92. The number of carbonyl (C=O) groups excluding carboxylic acids is 1. The Morgan fingerprint density at radius 1 is 1.24 bits per heavy atom. The summed E-state index contributed by atoms with van der Waals surface area (Å²) in [5.41, 5.74) is 3.14. The van der Waals surface area contributed by atoms with Gasteiger partial charge in [-0.1, -0.05) is 57.9 Å². The van der Waals surface area contributed by atoms with Crippen LogP contribution in [0.3, 0.4) is 0 Å². The summed E-state index contributed by atoms with van der Waals surface area (Å²) in [4.78, 5) is 34.2. The van der Waals surface area contributed by atoms with Gasteiger partial charge in [-0.05, 0) is 55.7 Å². The van der Waals surface area contributed by atoms with E-state index in [1.807, 2.05) is 19.1 Å². The van der Waals surface area contributed by atoms with Gasteiger partial charge in [-0.2, -0.15) is 0 Å². The van der Waals surface area contributed by atoms with Gasteiger partial charge in [-0.25, -0.2) is 5.06 Å². The highest BCUT2D eigenvalue weighted by Gasteiger charge is 2.48. The third-order valence-corrected chi connectivity index (χ3v) is 7.37. The molecule has 1 saturated heterocycles. The van der Waals surface area contributed by atoms with Gasteiger partial charge in [-0.3, -0.25) is 19.3 Å². The molecule has 1 N–H and O–H groups in total. The minimum atomic E-state index is -0.806. The van der Waals surface area contributed by atoms with Crippen LogP contribution < -0.4 is 4.74 Å². The number of aliphatic carboxylic acids is 1. The van der Waals surface area contributed by atoms with Crippen LogP contribution in [0.15, 0.2) is 29.8 Å². The summed E-state index contributed by atoms with van der Waals surface area (Å²) in [5.74, 6) is -0.830. The number of carboxylic acids is 1. The summed E-state index contributed by atoms with van der Waals surface area (Å²) in [6.45, 7) is 14.9. The van der Waals surface area contributed by atoms with Crippen LogP contribution in [0.2, 0.25) is 0 Å². The maximum absolute atomic E-state index is 13.5. The first-order valence-electron chi connectivity index (χ1n) is 13.9. The maximum atomic E-state index is 13.5. The molecule has 1 fully saturated rings. The van der Waals surface area contributed by atoms with Gasteiger partial charge in [0.2, 0.25) is 0 Å². The van der Waals surface area contributed by atoms with E-state index >= 15 is 0 Å². The van der Waals surface area contributed by atoms with Crippen molar-refractivity contribution in [1.82, 2.24) is 9.96 Å². The molecule has 1 aromatic carbocycles. The van der Waals surface area contributed by atoms with Gasteiger partial charge in [-0.15, -0.1) is 0 Å². The van der Waals surface area contributed by atoms with E-state index in [-0.39, 0.29) is 29.8 Å². The molecule has 2 heterocycles. The Morgan fingerprint density at radius 3 is 2.65 bits per heavy atom. The van der Waals surface area contributed by atoms with Crippen LogP contribution >= 0.6 is 0 Å². The summed E-state index contributed by atoms with van der Waals surface area (Å²) >= 11 is 0. The highest BCUT2D eigenvalue weighted by atomic mass is 16.7. The third kappa shape index (κ3) is 7.57. The normalized spacial score (nSPS) is 21.4. The molecule has 0 bridgehead atoms. The first kappa shape index (κ1) is 29.2. The summed E-state index contributed by atoms with van der Waals surface area (Å²) in [6, 6.07) is 5.81. The number of ether oxygens (including phenoxy) is 1. The van der Waals surface area contributed by atoms with Crippen molar-refractivity contribution in [2.45, 2.75) is 85.6 Å². The SMILES string of the molecule is CCCCN(OCCC)C(=O)CN1C[C@H](c2ccc3c(c2)CCO3)[C@@H](C(=O)O)C1CC(C)(C)C=C(C)C. The van der Waals surface area contributed by atoms with Crippen molar-refractivity contribution in [1.29, 1.82) is 0 Å². The Kier molecular flexibility index (Phi) is 10.2. The van der Waals surface area contributed by atoms with Crippen LogP contribution in [0.4, 0.5) is 0 Å². The van der Waals surface area contributed by atoms with Gasteiger partial charge in [0.05, 0.1) is 25.7 Å². The van der Waals surface area contributed by atoms with Crippen LogP contribution in [-0.4, -0.2) is 65.8 Å². The predicted octanol–water partition coefficient (Wildman–Crippen LogP) is 5.44. The number of hydrogen-bond acceptors (Lipinski definition) is 5. The molecule has 2 aliphatic heterocycles. The minimum absolute atomic E-state index is 0.0981. The van der Waals surface area contributed by atoms with E-state index in [1.165, 1.54) is 10.6 Å². The number of hydrogen-bond donors (Lipinski definition) is 1. The van der Waals surface area contributed by atoms with Crippen LogP contribution in [0.1, 0.15) is 84.3 Å². The maximum Gasteiger partial charge on any atom is 0.308 e. The highest BCUT2D eigenvalue weighted by molar-refractivity contribution is 5.78. The van der Waals surface area contributed by atoms with E-state index in [0.717, 1.165) is 42.6 Å². The number of nitrogens with zero attached hydrogens (tertiary/aromatic N) is 2. The third-order valence-electron chi connectivity index (χ3n) is 7.37. The van der Waals surface area contributed by atoms with Gasteiger partial charge in [0.25, 0.3) is 5.91 Å². The fraction of sp³-hybridized carbons (Fsp3) is 0.667. The van der Waals surface area contributed by atoms with E-state index in [0.29, 0.717) is 32.7 Å². The molecule has 1 unspecified atom stereocenters. The van der Waals surface area contributed by atoms with Crippen molar-refractivity contribution in [3.63, 3.8) is 0 Å². The zero-order valence-corrected chi connectivity index (χ0v) is 23.6. The molecular formula is C30H46N2O5. The Balaban J connectivity index is 1.93. The molecular weight excluding hydrogens is 468 g/mol. The van der Waals surface area contributed by atoms with Gasteiger partial charge in [0.1, 0.15) is 5.75 Å². The molecule has 206 valence electrons. The Bertz CT molecular complexity index is 961. The van der Waals surface area contributed by atoms with Crippen molar-refractivity contribution in [3.05, 3.63) is 41.0 Å². The molecule has 3 rings (SSSR count). The first-order valence-corrected chi connectivity index (χ1v) is 13.9. The summed E-state index contributed by atoms with van der Waals surface area (Å²) in [5, 5.41) is 12.0. The summed E-state index contributed by atoms with van der Waals surface area (Å²) in [7, 11) is 0. The van der Waals surface area contributed by atoms with Crippen LogP contribution in [0.25, 0.3) is 0 Å².